The van der Waals surface area contributed by atoms with Crippen molar-refractivity contribution in [3.8, 4) is 5.69 Å². The summed E-state index contributed by atoms with van der Waals surface area (Å²) < 4.78 is 1.90. The van der Waals surface area contributed by atoms with Crippen molar-refractivity contribution in [2.45, 2.75) is 20.3 Å². The molecule has 2 N–H and O–H groups in total. The summed E-state index contributed by atoms with van der Waals surface area (Å²) in [6.07, 6.45) is 2.81. The number of hydrogen-bond donors (Lipinski definition) is 1. The molecule has 0 saturated heterocycles. The van der Waals surface area contributed by atoms with Crippen LogP contribution in [0, 0.1) is 13.8 Å². The number of nitrogens with two attached hydrogens (primary N) is 1. The average molecular weight is 215 g/mol. The lowest BCUT2D eigenvalue weighted by Crippen LogP contribution is -2.04. The van der Waals surface area contributed by atoms with E-state index in [0.717, 1.165) is 17.8 Å². The van der Waals surface area contributed by atoms with Gasteiger partial charge in [0, 0.05) is 12.6 Å². The van der Waals surface area contributed by atoms with E-state index in [2.05, 4.69) is 37.1 Å². The summed E-state index contributed by atoms with van der Waals surface area (Å²) in [4.78, 5) is 0. The zero-order valence-electron chi connectivity index (χ0n) is 9.77. The van der Waals surface area contributed by atoms with Gasteiger partial charge in [-0.1, -0.05) is 6.07 Å². The van der Waals surface area contributed by atoms with Crippen molar-refractivity contribution < 1.29 is 0 Å². The molecule has 0 unspecified atom stereocenters. The van der Waals surface area contributed by atoms with Gasteiger partial charge in [0.05, 0.1) is 11.4 Å². The summed E-state index contributed by atoms with van der Waals surface area (Å²) in [5.41, 5.74) is 10.2. The summed E-state index contributed by atoms with van der Waals surface area (Å²) in [5.74, 6) is 0. The molecule has 1 aromatic carbocycles. The van der Waals surface area contributed by atoms with Crippen LogP contribution < -0.4 is 5.73 Å². The molecule has 0 spiro atoms. The van der Waals surface area contributed by atoms with Gasteiger partial charge in [0.1, 0.15) is 0 Å². The number of nitrogens with zero attached hydrogens (tertiary/aromatic N) is 2. The molecular weight excluding hydrogens is 198 g/mol. The Balaban J connectivity index is 2.31. The van der Waals surface area contributed by atoms with Gasteiger partial charge in [0.15, 0.2) is 0 Å². The van der Waals surface area contributed by atoms with E-state index >= 15 is 0 Å². The van der Waals surface area contributed by atoms with Crippen LogP contribution in [-0.4, -0.2) is 16.3 Å². The Morgan fingerprint density at radius 2 is 2.00 bits per heavy atom. The van der Waals surface area contributed by atoms with Crippen LogP contribution in [-0.2, 0) is 6.42 Å². The molecule has 84 valence electrons. The lowest BCUT2D eigenvalue weighted by molar-refractivity contribution is 0.820. The fraction of sp³-hybridized carbons (Fsp3) is 0.308. The third kappa shape index (κ3) is 2.14. The molecule has 3 heteroatoms. The largest absolute Gasteiger partial charge is 0.330 e. The van der Waals surface area contributed by atoms with Crippen molar-refractivity contribution in [2.75, 3.05) is 6.54 Å². The van der Waals surface area contributed by atoms with Crippen molar-refractivity contribution in [1.29, 1.82) is 0 Å². The Labute approximate surface area is 95.9 Å². The molecule has 0 radical (unpaired) electrons. The summed E-state index contributed by atoms with van der Waals surface area (Å²) in [6.45, 7) is 4.87. The summed E-state index contributed by atoms with van der Waals surface area (Å²) in [7, 11) is 0. The predicted molar refractivity (Wildman–Crippen MR) is 65.8 cm³/mol. The first-order valence-electron chi connectivity index (χ1n) is 5.53. The van der Waals surface area contributed by atoms with Crippen molar-refractivity contribution in [2.24, 2.45) is 5.73 Å². The van der Waals surface area contributed by atoms with Crippen molar-refractivity contribution in [3.05, 3.63) is 47.3 Å². The zero-order chi connectivity index (χ0) is 11.5. The standard InChI is InChI=1S/C13H17N3/c1-10-3-4-13(9-11(10)2)16-8-6-12(15-16)5-7-14/h3-4,6,8-9H,5,7,14H2,1-2H3. The van der Waals surface area contributed by atoms with Crippen LogP contribution in [0.25, 0.3) is 5.69 Å². The Hall–Kier alpha value is -1.61. The van der Waals surface area contributed by atoms with Crippen molar-refractivity contribution in [1.82, 2.24) is 9.78 Å². The van der Waals surface area contributed by atoms with E-state index in [4.69, 9.17) is 5.73 Å². The first-order valence-corrected chi connectivity index (χ1v) is 5.53. The van der Waals surface area contributed by atoms with Gasteiger partial charge in [-0.25, -0.2) is 4.68 Å². The lowest BCUT2D eigenvalue weighted by Gasteiger charge is -2.05. The second kappa shape index (κ2) is 4.49. The van der Waals surface area contributed by atoms with Gasteiger partial charge in [-0.05, 0) is 49.7 Å². The second-order valence-corrected chi connectivity index (χ2v) is 4.06. The molecule has 1 heterocycles. The molecule has 0 fully saturated rings. The molecule has 0 aliphatic heterocycles. The molecule has 0 aliphatic rings. The normalized spacial score (nSPS) is 10.7. The van der Waals surface area contributed by atoms with Gasteiger partial charge in [0.2, 0.25) is 0 Å². The zero-order valence-corrected chi connectivity index (χ0v) is 9.77. The Morgan fingerprint density at radius 3 is 2.69 bits per heavy atom. The highest BCUT2D eigenvalue weighted by molar-refractivity contribution is 5.39. The van der Waals surface area contributed by atoms with Crippen LogP contribution in [0.4, 0.5) is 0 Å². The third-order valence-corrected chi connectivity index (χ3v) is 2.80. The Bertz CT molecular complexity index is 486. The SMILES string of the molecule is Cc1ccc(-n2ccc(CCN)n2)cc1C. The van der Waals surface area contributed by atoms with Gasteiger partial charge in [-0.2, -0.15) is 5.10 Å². The van der Waals surface area contributed by atoms with E-state index in [1.54, 1.807) is 0 Å². The molecule has 0 aliphatic carbocycles. The highest BCUT2D eigenvalue weighted by Gasteiger charge is 2.01. The Kier molecular flexibility index (Phi) is 3.06. The van der Waals surface area contributed by atoms with Gasteiger partial charge in [0.25, 0.3) is 0 Å². The maximum absolute atomic E-state index is 5.50. The van der Waals surface area contributed by atoms with Gasteiger partial charge < -0.3 is 5.73 Å². The van der Waals surface area contributed by atoms with E-state index in [-0.39, 0.29) is 0 Å². The number of aromatic nitrogens is 2. The average Bonchev–Trinajstić information content (AvgIpc) is 2.71. The van der Waals surface area contributed by atoms with Crippen LogP contribution in [0.1, 0.15) is 16.8 Å². The molecule has 0 bridgehead atoms. The monoisotopic (exact) mass is 215 g/mol. The number of rotatable bonds is 3. The van der Waals surface area contributed by atoms with Gasteiger partial charge in [-0.15, -0.1) is 0 Å². The summed E-state index contributed by atoms with van der Waals surface area (Å²) >= 11 is 0. The van der Waals surface area contributed by atoms with Crippen molar-refractivity contribution >= 4 is 0 Å². The highest BCUT2D eigenvalue weighted by atomic mass is 15.3. The third-order valence-electron chi connectivity index (χ3n) is 2.80. The van der Waals surface area contributed by atoms with Gasteiger partial charge in [-0.3, -0.25) is 0 Å². The predicted octanol–water partition coefficient (Wildman–Crippen LogP) is 1.99. The number of benzene rings is 1. The number of aryl methyl sites for hydroxylation is 2. The topological polar surface area (TPSA) is 43.8 Å². The smallest absolute Gasteiger partial charge is 0.0648 e. The summed E-state index contributed by atoms with van der Waals surface area (Å²) in [6, 6.07) is 8.37. The molecule has 0 atom stereocenters. The van der Waals surface area contributed by atoms with E-state index in [1.165, 1.54) is 11.1 Å². The minimum absolute atomic E-state index is 0.643. The van der Waals surface area contributed by atoms with Crippen molar-refractivity contribution in [3.63, 3.8) is 0 Å². The number of hydrogen-bond acceptors (Lipinski definition) is 2. The molecule has 0 amide bonds. The maximum atomic E-state index is 5.50. The fourth-order valence-electron chi connectivity index (χ4n) is 1.65. The molecule has 16 heavy (non-hydrogen) atoms. The minimum atomic E-state index is 0.643. The first-order chi connectivity index (χ1) is 7.70. The molecule has 0 saturated carbocycles. The minimum Gasteiger partial charge on any atom is -0.330 e. The molecule has 2 aromatic rings. The highest BCUT2D eigenvalue weighted by Crippen LogP contribution is 2.13. The molecule has 3 nitrogen and oxygen atoms in total. The maximum Gasteiger partial charge on any atom is 0.0648 e. The molecule has 2 rings (SSSR count). The van der Waals surface area contributed by atoms with E-state index in [9.17, 15) is 0 Å². The fourth-order valence-corrected chi connectivity index (χ4v) is 1.65. The molecule has 1 aromatic heterocycles. The lowest BCUT2D eigenvalue weighted by atomic mass is 10.1. The second-order valence-electron chi connectivity index (χ2n) is 4.06. The van der Waals surface area contributed by atoms with Crippen LogP contribution in [0.5, 0.6) is 0 Å². The summed E-state index contributed by atoms with van der Waals surface area (Å²) in [5, 5.41) is 4.48. The quantitative estimate of drug-likeness (QED) is 0.851. The molecular formula is C13H17N3. The van der Waals surface area contributed by atoms with Crippen LogP contribution >= 0.6 is 0 Å². The van der Waals surface area contributed by atoms with E-state index in [0.29, 0.717) is 6.54 Å². The van der Waals surface area contributed by atoms with Crippen LogP contribution in [0.2, 0.25) is 0 Å². The van der Waals surface area contributed by atoms with Crippen LogP contribution in [0.15, 0.2) is 30.5 Å². The first kappa shape index (κ1) is 10.9. The van der Waals surface area contributed by atoms with E-state index in [1.807, 2.05) is 16.9 Å². The van der Waals surface area contributed by atoms with Gasteiger partial charge >= 0.3 is 0 Å². The Morgan fingerprint density at radius 1 is 1.19 bits per heavy atom. The van der Waals surface area contributed by atoms with Crippen LogP contribution in [0.3, 0.4) is 0 Å². The van der Waals surface area contributed by atoms with E-state index < -0.39 is 0 Å².